The van der Waals surface area contributed by atoms with Crippen molar-refractivity contribution in [2.45, 2.75) is 25.2 Å². The molecule has 0 aliphatic rings. The number of aromatic nitrogens is 2. The molecular formula is C7H8BrClF2N2. The molecule has 6 heteroatoms. The maximum absolute atomic E-state index is 12.4. The number of rotatable bonds is 3. The van der Waals surface area contributed by atoms with E-state index in [4.69, 9.17) is 11.6 Å². The van der Waals surface area contributed by atoms with Gasteiger partial charge in [0.05, 0.1) is 0 Å². The summed E-state index contributed by atoms with van der Waals surface area (Å²) in [5, 5.41) is 4.29. The van der Waals surface area contributed by atoms with Gasteiger partial charge >= 0.3 is 0 Å². The van der Waals surface area contributed by atoms with Crippen molar-refractivity contribution >= 4 is 27.5 Å². The van der Waals surface area contributed by atoms with Crippen molar-refractivity contribution in [3.05, 3.63) is 16.4 Å². The molecule has 0 spiro atoms. The standard InChI is InChI=1S/C7H8BrClF2N2/c1-2-13-6(9)4(3-8)5(12-13)7(10)11/h7H,2-3H2,1H3. The summed E-state index contributed by atoms with van der Waals surface area (Å²) in [7, 11) is 0. The second-order valence-corrected chi connectivity index (χ2v) is 3.32. The number of halogens is 4. The molecule has 0 aromatic carbocycles. The Morgan fingerprint density at radius 2 is 2.23 bits per heavy atom. The minimum Gasteiger partial charge on any atom is -0.254 e. The van der Waals surface area contributed by atoms with Crippen LogP contribution in [0.2, 0.25) is 5.15 Å². The first kappa shape index (κ1) is 10.9. The van der Waals surface area contributed by atoms with Gasteiger partial charge in [0.1, 0.15) is 10.8 Å². The molecule has 0 radical (unpaired) electrons. The summed E-state index contributed by atoms with van der Waals surface area (Å²) in [6.07, 6.45) is -2.57. The van der Waals surface area contributed by atoms with E-state index in [2.05, 4.69) is 21.0 Å². The Morgan fingerprint density at radius 1 is 1.62 bits per heavy atom. The van der Waals surface area contributed by atoms with Gasteiger partial charge in [-0.3, -0.25) is 4.68 Å². The minimum atomic E-state index is -2.57. The lowest BCUT2D eigenvalue weighted by atomic mass is 10.3. The summed E-state index contributed by atoms with van der Waals surface area (Å²) in [6.45, 7) is 2.29. The first-order valence-corrected chi connectivity index (χ1v) is 5.20. The van der Waals surface area contributed by atoms with Crippen LogP contribution in [0, 0.1) is 0 Å². The van der Waals surface area contributed by atoms with Crippen LogP contribution in [0.15, 0.2) is 0 Å². The van der Waals surface area contributed by atoms with E-state index < -0.39 is 6.43 Å². The zero-order valence-electron chi connectivity index (χ0n) is 6.90. The van der Waals surface area contributed by atoms with Crippen LogP contribution in [-0.2, 0) is 11.9 Å². The van der Waals surface area contributed by atoms with Crippen molar-refractivity contribution in [2.75, 3.05) is 0 Å². The van der Waals surface area contributed by atoms with Gasteiger partial charge in [-0.25, -0.2) is 8.78 Å². The lowest BCUT2D eigenvalue weighted by Crippen LogP contribution is -1.97. The lowest BCUT2D eigenvalue weighted by molar-refractivity contribution is 0.144. The number of aryl methyl sites for hydroxylation is 1. The maximum atomic E-state index is 12.4. The third-order valence-electron chi connectivity index (χ3n) is 1.65. The van der Waals surface area contributed by atoms with Gasteiger partial charge in [0.15, 0.2) is 0 Å². The summed E-state index contributed by atoms with van der Waals surface area (Å²) >= 11 is 8.91. The lowest BCUT2D eigenvalue weighted by Gasteiger charge is -1.96. The number of alkyl halides is 3. The van der Waals surface area contributed by atoms with E-state index in [-0.39, 0.29) is 10.8 Å². The topological polar surface area (TPSA) is 17.8 Å². The molecule has 1 rings (SSSR count). The van der Waals surface area contributed by atoms with Crippen molar-refractivity contribution in [3.63, 3.8) is 0 Å². The summed E-state index contributed by atoms with van der Waals surface area (Å²) in [5.41, 5.74) is 0.141. The fourth-order valence-corrected chi connectivity index (χ4v) is 2.04. The van der Waals surface area contributed by atoms with E-state index in [1.54, 1.807) is 6.92 Å². The van der Waals surface area contributed by atoms with Gasteiger partial charge in [0, 0.05) is 17.4 Å². The smallest absolute Gasteiger partial charge is 0.254 e. The first-order valence-electron chi connectivity index (χ1n) is 3.71. The highest BCUT2D eigenvalue weighted by molar-refractivity contribution is 9.08. The molecule has 0 N–H and O–H groups in total. The highest BCUT2D eigenvalue weighted by Gasteiger charge is 2.21. The summed E-state index contributed by atoms with van der Waals surface area (Å²) in [5.74, 6) is 0. The SMILES string of the molecule is CCn1nc(C(F)F)c(CBr)c1Cl. The maximum Gasteiger partial charge on any atom is 0.282 e. The molecule has 0 atom stereocenters. The quantitative estimate of drug-likeness (QED) is 0.772. The molecule has 0 aliphatic carbocycles. The Bertz CT molecular complexity index is 301. The van der Waals surface area contributed by atoms with E-state index >= 15 is 0 Å². The number of hydrogen-bond donors (Lipinski definition) is 0. The number of hydrogen-bond acceptors (Lipinski definition) is 1. The fraction of sp³-hybridized carbons (Fsp3) is 0.571. The van der Waals surface area contributed by atoms with Crippen LogP contribution < -0.4 is 0 Å². The fourth-order valence-electron chi connectivity index (χ4n) is 1.00. The second-order valence-electron chi connectivity index (χ2n) is 2.40. The minimum absolute atomic E-state index is 0.233. The molecule has 13 heavy (non-hydrogen) atoms. The highest BCUT2D eigenvalue weighted by Crippen LogP contribution is 2.29. The van der Waals surface area contributed by atoms with Crippen LogP contribution in [-0.4, -0.2) is 9.78 Å². The molecule has 2 nitrogen and oxygen atoms in total. The molecule has 1 heterocycles. The van der Waals surface area contributed by atoms with Crippen LogP contribution >= 0.6 is 27.5 Å². The average Bonchev–Trinajstić information content (AvgIpc) is 2.42. The monoisotopic (exact) mass is 272 g/mol. The summed E-state index contributed by atoms with van der Waals surface area (Å²) < 4.78 is 26.1. The molecule has 0 aliphatic heterocycles. The van der Waals surface area contributed by atoms with Gasteiger partial charge in [-0.15, -0.1) is 0 Å². The normalized spacial score (nSPS) is 11.2. The molecule has 74 valence electrons. The van der Waals surface area contributed by atoms with E-state index in [1.165, 1.54) is 4.68 Å². The van der Waals surface area contributed by atoms with Gasteiger partial charge in [-0.2, -0.15) is 5.10 Å². The largest absolute Gasteiger partial charge is 0.282 e. The predicted octanol–water partition coefficient (Wildman–Crippen LogP) is 3.39. The van der Waals surface area contributed by atoms with Crippen molar-refractivity contribution in [2.24, 2.45) is 0 Å². The van der Waals surface area contributed by atoms with Crippen LogP contribution in [0.1, 0.15) is 24.6 Å². The van der Waals surface area contributed by atoms with Gasteiger partial charge in [-0.1, -0.05) is 27.5 Å². The van der Waals surface area contributed by atoms with Crippen LogP contribution in [0.25, 0.3) is 0 Å². The van der Waals surface area contributed by atoms with E-state index in [9.17, 15) is 8.78 Å². The molecule has 0 fully saturated rings. The van der Waals surface area contributed by atoms with E-state index in [0.29, 0.717) is 17.4 Å². The summed E-state index contributed by atoms with van der Waals surface area (Å²) in [4.78, 5) is 0. The molecule has 0 saturated heterocycles. The van der Waals surface area contributed by atoms with Gasteiger partial charge in [0.25, 0.3) is 6.43 Å². The van der Waals surface area contributed by atoms with Gasteiger partial charge < -0.3 is 0 Å². The third kappa shape index (κ3) is 2.02. The Balaban J connectivity index is 3.19. The van der Waals surface area contributed by atoms with Crippen molar-refractivity contribution in [1.82, 2.24) is 9.78 Å². The molecule has 1 aromatic rings. The van der Waals surface area contributed by atoms with Crippen LogP contribution in [0.3, 0.4) is 0 Å². The van der Waals surface area contributed by atoms with Crippen LogP contribution in [0.5, 0.6) is 0 Å². The molecule has 1 aromatic heterocycles. The molecule has 0 unspecified atom stereocenters. The van der Waals surface area contributed by atoms with Gasteiger partial charge in [0.2, 0.25) is 0 Å². The molecular weight excluding hydrogens is 265 g/mol. The number of nitrogens with zero attached hydrogens (tertiary/aromatic N) is 2. The van der Waals surface area contributed by atoms with Crippen molar-refractivity contribution in [3.8, 4) is 0 Å². The molecule has 0 bridgehead atoms. The van der Waals surface area contributed by atoms with E-state index in [1.807, 2.05) is 0 Å². The van der Waals surface area contributed by atoms with Crippen molar-refractivity contribution < 1.29 is 8.78 Å². The predicted molar refractivity (Wildman–Crippen MR) is 50.5 cm³/mol. The first-order chi connectivity index (χ1) is 6.11. The van der Waals surface area contributed by atoms with E-state index in [0.717, 1.165) is 0 Å². The molecule has 0 saturated carbocycles. The Morgan fingerprint density at radius 3 is 2.54 bits per heavy atom. The second kappa shape index (κ2) is 4.37. The van der Waals surface area contributed by atoms with Gasteiger partial charge in [-0.05, 0) is 6.92 Å². The summed E-state index contributed by atoms with van der Waals surface area (Å²) in [6, 6.07) is 0. The average molecular weight is 274 g/mol. The Kier molecular flexibility index (Phi) is 3.67. The zero-order chi connectivity index (χ0) is 10.0. The Labute approximate surface area is 88.0 Å². The highest BCUT2D eigenvalue weighted by atomic mass is 79.9. The third-order valence-corrected chi connectivity index (χ3v) is 2.64. The zero-order valence-corrected chi connectivity index (χ0v) is 9.24. The molecule has 0 amide bonds. The van der Waals surface area contributed by atoms with Crippen molar-refractivity contribution in [1.29, 1.82) is 0 Å². The Hall–Kier alpha value is -0.160. The van der Waals surface area contributed by atoms with Crippen LogP contribution in [0.4, 0.5) is 8.78 Å².